The Kier molecular flexibility index (Phi) is 3.77. The van der Waals surface area contributed by atoms with Crippen LogP contribution >= 0.6 is 0 Å². The predicted molar refractivity (Wildman–Crippen MR) is 54.1 cm³/mol. The fraction of sp³-hybridized carbons (Fsp3) is 0.364. The third-order valence-corrected chi connectivity index (χ3v) is 2.04. The minimum atomic E-state index is -0.484. The fourth-order valence-electron chi connectivity index (χ4n) is 1.21. The van der Waals surface area contributed by atoms with E-state index < -0.39 is 6.04 Å². The third kappa shape index (κ3) is 2.64. The molecule has 0 fully saturated rings. The Morgan fingerprint density at radius 3 is 2.43 bits per heavy atom. The van der Waals surface area contributed by atoms with Gasteiger partial charge in [-0.2, -0.15) is 0 Å². The molecular weight excluding hydrogens is 181 g/mol. The van der Waals surface area contributed by atoms with Crippen molar-refractivity contribution >= 4 is 5.78 Å². The van der Waals surface area contributed by atoms with Gasteiger partial charge in [0.05, 0.1) is 12.7 Å². The normalized spacial score (nSPS) is 12.5. The number of carbonyl (C=O) groups excluding carboxylic acids is 1. The Morgan fingerprint density at radius 1 is 1.43 bits per heavy atom. The largest absolute Gasteiger partial charge is 0.321 e. The third-order valence-electron chi connectivity index (χ3n) is 2.04. The van der Waals surface area contributed by atoms with Crippen LogP contribution in [0.4, 0.5) is 4.39 Å². The second-order valence-electron chi connectivity index (χ2n) is 3.29. The average molecular weight is 195 g/mol. The summed E-state index contributed by atoms with van der Waals surface area (Å²) < 4.78 is 12.0. The summed E-state index contributed by atoms with van der Waals surface area (Å²) in [7, 11) is 0. The molecule has 1 rings (SSSR count). The van der Waals surface area contributed by atoms with Gasteiger partial charge in [0.2, 0.25) is 0 Å². The van der Waals surface area contributed by atoms with Gasteiger partial charge in [0.25, 0.3) is 0 Å². The number of nitrogens with two attached hydrogens (primary N) is 1. The molecule has 0 amide bonds. The Labute approximate surface area is 82.9 Å². The summed E-state index contributed by atoms with van der Waals surface area (Å²) in [5.41, 5.74) is 6.94. The van der Waals surface area contributed by atoms with Gasteiger partial charge in [-0.05, 0) is 12.5 Å². The van der Waals surface area contributed by atoms with Crippen LogP contribution in [0.5, 0.6) is 0 Å². The molecule has 0 radical (unpaired) electrons. The number of hydrogen-bond donors (Lipinski definition) is 1. The van der Waals surface area contributed by atoms with Gasteiger partial charge >= 0.3 is 0 Å². The molecule has 0 bridgehead atoms. The molecule has 1 aromatic rings. The zero-order valence-electron chi connectivity index (χ0n) is 8.16. The molecule has 0 aliphatic carbocycles. The summed E-state index contributed by atoms with van der Waals surface area (Å²) >= 11 is 0. The van der Waals surface area contributed by atoms with Gasteiger partial charge in [0, 0.05) is 12.0 Å². The smallest absolute Gasteiger partial charge is 0.179 e. The Bertz CT molecular complexity index is 306. The van der Waals surface area contributed by atoms with Crippen LogP contribution in [0.15, 0.2) is 24.3 Å². The zero-order chi connectivity index (χ0) is 10.6. The number of alkyl halides is 1. The van der Waals surface area contributed by atoms with Crippen molar-refractivity contribution < 1.29 is 9.18 Å². The van der Waals surface area contributed by atoms with E-state index >= 15 is 0 Å². The minimum absolute atomic E-state index is 0.0863. The van der Waals surface area contributed by atoms with Crippen molar-refractivity contribution in [3.63, 3.8) is 0 Å². The number of aryl methyl sites for hydroxylation is 1. The first-order chi connectivity index (χ1) is 6.65. The maximum atomic E-state index is 12.0. The molecule has 0 aliphatic heterocycles. The van der Waals surface area contributed by atoms with Gasteiger partial charge in [0.15, 0.2) is 5.78 Å². The van der Waals surface area contributed by atoms with E-state index in [9.17, 15) is 9.18 Å². The van der Waals surface area contributed by atoms with Gasteiger partial charge in [-0.1, -0.05) is 24.3 Å². The lowest BCUT2D eigenvalue weighted by Gasteiger charge is -2.04. The zero-order valence-corrected chi connectivity index (χ0v) is 8.16. The molecule has 2 nitrogen and oxygen atoms in total. The summed E-state index contributed by atoms with van der Waals surface area (Å²) in [4.78, 5) is 11.4. The number of carbonyl (C=O) groups is 1. The molecule has 0 saturated heterocycles. The van der Waals surface area contributed by atoms with Gasteiger partial charge in [-0.3, -0.25) is 9.18 Å². The lowest BCUT2D eigenvalue weighted by Crippen LogP contribution is -2.26. The SMILES string of the molecule is CC(N)C(=O)c1ccc(CCF)cc1. The van der Waals surface area contributed by atoms with Crippen molar-refractivity contribution in [1.82, 2.24) is 0 Å². The van der Waals surface area contributed by atoms with Crippen molar-refractivity contribution in [2.24, 2.45) is 5.73 Å². The molecule has 0 aromatic heterocycles. The van der Waals surface area contributed by atoms with E-state index in [0.717, 1.165) is 5.56 Å². The van der Waals surface area contributed by atoms with E-state index in [2.05, 4.69) is 0 Å². The van der Waals surface area contributed by atoms with Gasteiger partial charge in [0.1, 0.15) is 0 Å². The fourth-order valence-corrected chi connectivity index (χ4v) is 1.21. The van der Waals surface area contributed by atoms with Crippen molar-refractivity contribution in [2.45, 2.75) is 19.4 Å². The van der Waals surface area contributed by atoms with Crippen molar-refractivity contribution in [2.75, 3.05) is 6.67 Å². The number of halogens is 1. The maximum Gasteiger partial charge on any atom is 0.179 e. The van der Waals surface area contributed by atoms with Gasteiger partial charge in [-0.25, -0.2) is 0 Å². The monoisotopic (exact) mass is 195 g/mol. The molecule has 1 aromatic carbocycles. The second-order valence-corrected chi connectivity index (χ2v) is 3.29. The summed E-state index contributed by atoms with van der Waals surface area (Å²) in [6.07, 6.45) is 0.395. The number of benzene rings is 1. The summed E-state index contributed by atoms with van der Waals surface area (Å²) in [5, 5.41) is 0. The molecule has 14 heavy (non-hydrogen) atoms. The van der Waals surface area contributed by atoms with Gasteiger partial charge < -0.3 is 5.73 Å². The van der Waals surface area contributed by atoms with Crippen molar-refractivity contribution in [1.29, 1.82) is 0 Å². The first-order valence-electron chi connectivity index (χ1n) is 4.60. The first kappa shape index (κ1) is 10.9. The van der Waals surface area contributed by atoms with Crippen molar-refractivity contribution in [3.05, 3.63) is 35.4 Å². The molecule has 0 heterocycles. The number of hydrogen-bond acceptors (Lipinski definition) is 2. The van der Waals surface area contributed by atoms with E-state index in [-0.39, 0.29) is 12.5 Å². The van der Waals surface area contributed by atoms with Crippen LogP contribution in [-0.4, -0.2) is 18.5 Å². The minimum Gasteiger partial charge on any atom is -0.321 e. The average Bonchev–Trinajstić information content (AvgIpc) is 2.18. The highest BCUT2D eigenvalue weighted by Gasteiger charge is 2.09. The molecule has 0 aliphatic rings. The highest BCUT2D eigenvalue weighted by atomic mass is 19.1. The quantitative estimate of drug-likeness (QED) is 0.743. The second kappa shape index (κ2) is 4.86. The number of ketones is 1. The Hall–Kier alpha value is -1.22. The van der Waals surface area contributed by atoms with Gasteiger partial charge in [-0.15, -0.1) is 0 Å². The molecular formula is C11H14FNO. The maximum absolute atomic E-state index is 12.0. The lowest BCUT2D eigenvalue weighted by atomic mass is 10.0. The number of rotatable bonds is 4. The first-order valence-corrected chi connectivity index (χ1v) is 4.60. The molecule has 3 heteroatoms. The van der Waals surface area contributed by atoms with E-state index in [1.54, 1.807) is 31.2 Å². The van der Waals surface area contributed by atoms with Crippen molar-refractivity contribution in [3.8, 4) is 0 Å². The van der Waals surface area contributed by atoms with Crippen LogP contribution in [0.1, 0.15) is 22.8 Å². The molecule has 1 unspecified atom stereocenters. The lowest BCUT2D eigenvalue weighted by molar-refractivity contribution is 0.0968. The highest BCUT2D eigenvalue weighted by Crippen LogP contribution is 2.07. The highest BCUT2D eigenvalue weighted by molar-refractivity contribution is 5.99. The van der Waals surface area contributed by atoms with Crippen LogP contribution in [0.25, 0.3) is 0 Å². The van der Waals surface area contributed by atoms with Crippen LogP contribution in [0.2, 0.25) is 0 Å². The van der Waals surface area contributed by atoms with E-state index in [1.807, 2.05) is 0 Å². The van der Waals surface area contributed by atoms with Crippen LogP contribution in [0, 0.1) is 0 Å². The Morgan fingerprint density at radius 2 is 2.00 bits per heavy atom. The predicted octanol–water partition coefficient (Wildman–Crippen LogP) is 1.73. The van der Waals surface area contributed by atoms with E-state index in [1.165, 1.54) is 0 Å². The van der Waals surface area contributed by atoms with Crippen LogP contribution < -0.4 is 5.73 Å². The standard InChI is InChI=1S/C11H14FNO/c1-8(13)11(14)10-4-2-9(3-5-10)6-7-12/h2-5,8H,6-7,13H2,1H3. The topological polar surface area (TPSA) is 43.1 Å². The van der Waals surface area contributed by atoms with Crippen LogP contribution in [0.3, 0.4) is 0 Å². The molecule has 0 spiro atoms. The van der Waals surface area contributed by atoms with Crippen LogP contribution in [-0.2, 0) is 6.42 Å². The number of Topliss-reactive ketones (excluding diaryl/α,β-unsaturated/α-hetero) is 1. The van der Waals surface area contributed by atoms with E-state index in [4.69, 9.17) is 5.73 Å². The summed E-state index contributed by atoms with van der Waals surface area (Å²) in [5.74, 6) is -0.0863. The molecule has 76 valence electrons. The summed E-state index contributed by atoms with van der Waals surface area (Å²) in [6.45, 7) is 1.28. The Balaban J connectivity index is 2.78. The summed E-state index contributed by atoms with van der Waals surface area (Å²) in [6, 6.07) is 6.42. The molecule has 2 N–H and O–H groups in total. The van der Waals surface area contributed by atoms with E-state index in [0.29, 0.717) is 12.0 Å². The molecule has 0 saturated carbocycles. The molecule has 1 atom stereocenters.